The average Bonchev–Trinajstić information content (AvgIpc) is 3.04. The van der Waals surface area contributed by atoms with Crippen molar-refractivity contribution in [1.29, 1.82) is 0 Å². The minimum atomic E-state index is -2.28. The zero-order valence-electron chi connectivity index (χ0n) is 12.5. The second-order valence-electron chi connectivity index (χ2n) is 6.21. The van der Waals surface area contributed by atoms with E-state index in [1.807, 2.05) is 0 Å². The molecule has 1 aromatic rings. The average molecular weight is 305 g/mol. The van der Waals surface area contributed by atoms with E-state index in [4.69, 9.17) is 0 Å². The summed E-state index contributed by atoms with van der Waals surface area (Å²) in [4.78, 5) is 2.46. The van der Waals surface area contributed by atoms with Crippen molar-refractivity contribution in [2.75, 3.05) is 19.3 Å². The molecule has 114 valence electrons. The monoisotopic (exact) mass is 305 g/mol. The summed E-state index contributed by atoms with van der Waals surface area (Å²) in [7, 11) is -0.0618. The topological polar surface area (TPSA) is 37.4 Å². The molecule has 4 heteroatoms. The van der Waals surface area contributed by atoms with Crippen LogP contribution in [0.3, 0.4) is 0 Å². The Bertz CT molecular complexity index is 626. The minimum Gasteiger partial charge on any atom is -0.303 e. The van der Waals surface area contributed by atoms with Crippen LogP contribution in [0, 0.1) is 0 Å². The van der Waals surface area contributed by atoms with Crippen molar-refractivity contribution in [2.45, 2.75) is 38.1 Å². The Balaban J connectivity index is 1.74. The van der Waals surface area contributed by atoms with E-state index in [9.17, 15) is 8.42 Å². The van der Waals surface area contributed by atoms with E-state index in [1.54, 1.807) is 0 Å². The van der Waals surface area contributed by atoms with Gasteiger partial charge in [0.05, 0.1) is 5.75 Å². The predicted molar refractivity (Wildman–Crippen MR) is 87.3 cm³/mol. The van der Waals surface area contributed by atoms with Gasteiger partial charge >= 0.3 is 0 Å². The molecule has 0 bridgehead atoms. The number of likely N-dealkylation sites (tertiary alicyclic amines) is 1. The third kappa shape index (κ3) is 3.38. The van der Waals surface area contributed by atoms with Gasteiger partial charge in [-0.15, -0.1) is 0 Å². The third-order valence-corrected chi connectivity index (χ3v) is 5.39. The predicted octanol–water partition coefficient (Wildman–Crippen LogP) is 2.26. The molecule has 1 saturated heterocycles. The molecule has 2 aliphatic rings. The summed E-state index contributed by atoms with van der Waals surface area (Å²) in [6, 6.07) is 7.13. The van der Waals surface area contributed by atoms with Crippen LogP contribution < -0.4 is 0 Å². The number of rotatable bonds is 5. The lowest BCUT2D eigenvalue weighted by Gasteiger charge is -2.20. The molecule has 0 spiro atoms. The molecular formula is C17H23NO2S. The minimum absolute atomic E-state index is 0.249. The van der Waals surface area contributed by atoms with Gasteiger partial charge in [-0.3, -0.25) is 0 Å². The van der Waals surface area contributed by atoms with E-state index in [0.717, 1.165) is 18.4 Å². The first-order valence-corrected chi connectivity index (χ1v) is 9.13. The van der Waals surface area contributed by atoms with E-state index >= 15 is 0 Å². The summed E-state index contributed by atoms with van der Waals surface area (Å²) in [6.45, 7) is 1.21. The zero-order chi connectivity index (χ0) is 14.8. The lowest BCUT2D eigenvalue weighted by molar-refractivity contribution is 0.315. The largest absolute Gasteiger partial charge is 0.303 e. The second kappa shape index (κ2) is 6.32. The van der Waals surface area contributed by atoms with Crippen molar-refractivity contribution in [3.8, 4) is 0 Å². The van der Waals surface area contributed by atoms with Gasteiger partial charge in [0.25, 0.3) is 0 Å². The molecule has 0 amide bonds. The number of fused-ring (bicyclic) bond motifs is 1. The fourth-order valence-corrected chi connectivity index (χ4v) is 3.94. The molecule has 1 aromatic carbocycles. The molecule has 0 N–H and O–H groups in total. The Hall–Kier alpha value is -1.13. The van der Waals surface area contributed by atoms with Crippen molar-refractivity contribution >= 4 is 16.3 Å². The molecule has 1 atom stereocenters. The Kier molecular flexibility index (Phi) is 4.45. The highest BCUT2D eigenvalue weighted by Gasteiger charge is 2.24. The van der Waals surface area contributed by atoms with Gasteiger partial charge in [0.15, 0.2) is 0 Å². The van der Waals surface area contributed by atoms with Gasteiger partial charge in [0.1, 0.15) is 10.7 Å². The number of hydrogen-bond donors (Lipinski definition) is 1. The van der Waals surface area contributed by atoms with Crippen LogP contribution in [0.1, 0.15) is 36.0 Å². The smallest absolute Gasteiger partial charge is 0.140 e. The highest BCUT2D eigenvalue weighted by molar-refractivity contribution is 7.72. The first-order chi connectivity index (χ1) is 10.1. The lowest BCUT2D eigenvalue weighted by Crippen LogP contribution is -2.24. The molecule has 3 nitrogen and oxygen atoms in total. The SMILES string of the molecule is CN1CCC[C@@H]1CC1=CCc2ccc(CC[SH](=O)=O)cc21. The first kappa shape index (κ1) is 14.8. The van der Waals surface area contributed by atoms with Crippen LogP contribution in [0.5, 0.6) is 0 Å². The summed E-state index contributed by atoms with van der Waals surface area (Å²) < 4.78 is 21.5. The molecule has 1 aliphatic carbocycles. The fourth-order valence-electron chi connectivity index (χ4n) is 3.50. The van der Waals surface area contributed by atoms with Gasteiger partial charge in [-0.1, -0.05) is 24.3 Å². The maximum Gasteiger partial charge on any atom is 0.140 e. The van der Waals surface area contributed by atoms with Crippen molar-refractivity contribution in [1.82, 2.24) is 4.90 Å². The van der Waals surface area contributed by atoms with Crippen LogP contribution >= 0.6 is 0 Å². The van der Waals surface area contributed by atoms with Crippen LogP contribution in [-0.4, -0.2) is 38.7 Å². The van der Waals surface area contributed by atoms with Crippen molar-refractivity contribution < 1.29 is 8.42 Å². The quantitative estimate of drug-likeness (QED) is 0.848. The summed E-state index contributed by atoms with van der Waals surface area (Å²) in [5.74, 6) is 0.249. The number of thiol groups is 1. The number of hydrogen-bond acceptors (Lipinski definition) is 3. The fraction of sp³-hybridized carbons (Fsp3) is 0.529. The second-order valence-corrected chi connectivity index (χ2v) is 7.32. The highest BCUT2D eigenvalue weighted by Crippen LogP contribution is 2.34. The molecule has 0 aromatic heterocycles. The van der Waals surface area contributed by atoms with Crippen LogP contribution in [0.15, 0.2) is 24.3 Å². The number of aryl methyl sites for hydroxylation is 1. The molecule has 0 unspecified atom stereocenters. The Morgan fingerprint density at radius 2 is 2.19 bits per heavy atom. The van der Waals surface area contributed by atoms with Crippen molar-refractivity contribution in [3.63, 3.8) is 0 Å². The van der Waals surface area contributed by atoms with Gasteiger partial charge in [0.2, 0.25) is 0 Å². The number of benzene rings is 1. The lowest BCUT2D eigenvalue weighted by atomic mass is 9.96. The molecule has 1 fully saturated rings. The number of allylic oxidation sites excluding steroid dienone is 1. The van der Waals surface area contributed by atoms with E-state index in [0.29, 0.717) is 12.5 Å². The highest BCUT2D eigenvalue weighted by atomic mass is 32.2. The normalized spacial score (nSPS) is 21.8. The molecule has 3 rings (SSSR count). The van der Waals surface area contributed by atoms with Gasteiger partial charge in [0, 0.05) is 6.04 Å². The molecule has 0 saturated carbocycles. The zero-order valence-corrected chi connectivity index (χ0v) is 13.4. The molecular weight excluding hydrogens is 282 g/mol. The summed E-state index contributed by atoms with van der Waals surface area (Å²) in [5, 5.41) is 0. The Labute approximate surface area is 128 Å². The van der Waals surface area contributed by atoms with Crippen molar-refractivity contribution in [3.05, 3.63) is 41.0 Å². The Morgan fingerprint density at radius 3 is 2.90 bits per heavy atom. The van der Waals surface area contributed by atoms with Crippen LogP contribution in [-0.2, 0) is 23.5 Å². The van der Waals surface area contributed by atoms with Crippen molar-refractivity contribution in [2.24, 2.45) is 0 Å². The standard InChI is InChI=1S/C17H23NO2S/c1-18-9-2-3-16(18)12-15-7-6-14-5-4-13(11-17(14)15)8-10-21(19)20/h4-5,7,11,16,21H,2-3,6,8-10,12H2,1H3/t16-/m1/s1. The van der Waals surface area contributed by atoms with Crippen LogP contribution in [0.4, 0.5) is 0 Å². The summed E-state index contributed by atoms with van der Waals surface area (Å²) in [6.07, 6.45) is 7.73. The van der Waals surface area contributed by atoms with Crippen LogP contribution in [0.2, 0.25) is 0 Å². The van der Waals surface area contributed by atoms with Gasteiger partial charge in [-0.05, 0) is 68.0 Å². The van der Waals surface area contributed by atoms with Gasteiger partial charge in [-0.2, -0.15) is 0 Å². The van der Waals surface area contributed by atoms with Gasteiger partial charge in [-0.25, -0.2) is 8.42 Å². The van der Waals surface area contributed by atoms with Crippen LogP contribution in [0.25, 0.3) is 5.57 Å². The van der Waals surface area contributed by atoms with Gasteiger partial charge < -0.3 is 4.90 Å². The summed E-state index contributed by atoms with van der Waals surface area (Å²) >= 11 is 0. The van der Waals surface area contributed by atoms with E-state index in [1.165, 1.54) is 36.1 Å². The van der Waals surface area contributed by atoms with E-state index in [2.05, 4.69) is 36.2 Å². The maximum absolute atomic E-state index is 10.8. The molecule has 1 heterocycles. The summed E-state index contributed by atoms with van der Waals surface area (Å²) in [5.41, 5.74) is 5.34. The molecule has 21 heavy (non-hydrogen) atoms. The molecule has 1 aliphatic heterocycles. The third-order valence-electron chi connectivity index (χ3n) is 4.80. The Morgan fingerprint density at radius 1 is 1.33 bits per heavy atom. The maximum atomic E-state index is 10.8. The number of nitrogens with zero attached hydrogens (tertiary/aromatic N) is 1. The van der Waals surface area contributed by atoms with E-state index in [-0.39, 0.29) is 5.75 Å². The van der Waals surface area contributed by atoms with E-state index < -0.39 is 10.7 Å². The molecule has 0 radical (unpaired) electrons. The first-order valence-electron chi connectivity index (χ1n) is 7.77.